The highest BCUT2D eigenvalue weighted by Crippen LogP contribution is 2.16. The van der Waals surface area contributed by atoms with E-state index in [2.05, 4.69) is 81.5 Å². The van der Waals surface area contributed by atoms with Gasteiger partial charge >= 0.3 is 17.9 Å². The van der Waals surface area contributed by atoms with Crippen molar-refractivity contribution >= 4 is 17.9 Å². The lowest BCUT2D eigenvalue weighted by Gasteiger charge is -2.18. The Morgan fingerprint density at radius 2 is 0.534 bits per heavy atom. The first-order valence-corrected chi connectivity index (χ1v) is 31.8. The molecule has 0 rings (SSSR count). The SMILES string of the molecule is CC/C=C\C/C=C\C/C=C\CCCCCCCCCC(=O)OC(COC(=O)CCCCCCC/C=C\CCCCCCCC)COC(=O)CCCCCCCCCCCCC/C=C\CCCCCCCCCC. The van der Waals surface area contributed by atoms with Crippen molar-refractivity contribution in [3.05, 3.63) is 60.8 Å². The minimum absolute atomic E-state index is 0.0795. The lowest BCUT2D eigenvalue weighted by Crippen LogP contribution is -2.30. The fraction of sp³-hybridized carbons (Fsp3) is 0.806. The Morgan fingerprint density at radius 3 is 0.849 bits per heavy atom. The first-order valence-electron chi connectivity index (χ1n) is 31.8. The molecular weight excluding hydrogens is 901 g/mol. The highest BCUT2D eigenvalue weighted by atomic mass is 16.6. The first kappa shape index (κ1) is 70.1. The summed E-state index contributed by atoms with van der Waals surface area (Å²) in [7, 11) is 0. The predicted molar refractivity (Wildman–Crippen MR) is 316 cm³/mol. The van der Waals surface area contributed by atoms with Crippen LogP contribution in [0.5, 0.6) is 0 Å². The van der Waals surface area contributed by atoms with Crippen molar-refractivity contribution in [3.63, 3.8) is 0 Å². The van der Waals surface area contributed by atoms with Crippen molar-refractivity contribution in [1.29, 1.82) is 0 Å². The molecule has 0 amide bonds. The number of ether oxygens (including phenoxy) is 3. The smallest absolute Gasteiger partial charge is 0.306 e. The summed E-state index contributed by atoms with van der Waals surface area (Å²) in [4.78, 5) is 38.3. The van der Waals surface area contributed by atoms with Gasteiger partial charge in [-0.1, -0.05) is 268 Å². The number of hydrogen-bond acceptors (Lipinski definition) is 6. The highest BCUT2D eigenvalue weighted by Gasteiger charge is 2.19. The minimum atomic E-state index is -0.784. The average molecular weight is 1020 g/mol. The molecule has 0 aliphatic heterocycles. The predicted octanol–water partition coefficient (Wildman–Crippen LogP) is 21.6. The lowest BCUT2D eigenvalue weighted by atomic mass is 10.0. The second-order valence-corrected chi connectivity index (χ2v) is 21.3. The van der Waals surface area contributed by atoms with Gasteiger partial charge < -0.3 is 14.2 Å². The Hall–Kier alpha value is -2.89. The average Bonchev–Trinajstić information content (AvgIpc) is 3.39. The molecule has 73 heavy (non-hydrogen) atoms. The Labute approximate surface area is 453 Å². The molecule has 0 heterocycles. The maximum Gasteiger partial charge on any atom is 0.306 e. The van der Waals surface area contributed by atoms with Crippen LogP contribution >= 0.6 is 0 Å². The van der Waals surface area contributed by atoms with Crippen LogP contribution in [-0.2, 0) is 28.6 Å². The lowest BCUT2D eigenvalue weighted by molar-refractivity contribution is -0.167. The van der Waals surface area contributed by atoms with Crippen LogP contribution in [-0.4, -0.2) is 37.2 Å². The van der Waals surface area contributed by atoms with Crippen LogP contribution < -0.4 is 0 Å². The molecule has 0 aliphatic rings. The number of carbonyl (C=O) groups is 3. The molecule has 0 spiro atoms. The van der Waals surface area contributed by atoms with E-state index in [4.69, 9.17) is 14.2 Å². The minimum Gasteiger partial charge on any atom is -0.462 e. The number of allylic oxidation sites excluding steroid dienone is 10. The Bertz CT molecular complexity index is 1310. The summed E-state index contributed by atoms with van der Waals surface area (Å²) >= 11 is 0. The third-order valence-electron chi connectivity index (χ3n) is 14.0. The summed E-state index contributed by atoms with van der Waals surface area (Å²) in [5, 5.41) is 0. The van der Waals surface area contributed by atoms with E-state index in [1.54, 1.807) is 0 Å². The molecule has 0 aromatic heterocycles. The second-order valence-electron chi connectivity index (χ2n) is 21.3. The molecule has 0 aromatic carbocycles. The summed E-state index contributed by atoms with van der Waals surface area (Å²) in [6.07, 6.45) is 78.0. The van der Waals surface area contributed by atoms with Gasteiger partial charge in [-0.15, -0.1) is 0 Å². The van der Waals surface area contributed by atoms with Crippen molar-refractivity contribution in [2.45, 2.75) is 335 Å². The number of esters is 3. The Balaban J connectivity index is 4.33. The zero-order valence-electron chi connectivity index (χ0n) is 48.7. The molecule has 1 unspecified atom stereocenters. The molecule has 0 aromatic rings. The van der Waals surface area contributed by atoms with Crippen molar-refractivity contribution in [3.8, 4) is 0 Å². The summed E-state index contributed by atoms with van der Waals surface area (Å²) in [6.45, 7) is 6.55. The van der Waals surface area contributed by atoms with Crippen LogP contribution in [0.15, 0.2) is 60.8 Å². The van der Waals surface area contributed by atoms with Crippen LogP contribution in [0.2, 0.25) is 0 Å². The molecule has 6 nitrogen and oxygen atoms in total. The van der Waals surface area contributed by atoms with E-state index in [9.17, 15) is 14.4 Å². The standard InChI is InChI=1S/C67H120O6/c1-4-7-10-13-16-19-22-25-28-30-31-32-33-34-35-37-39-42-45-48-51-54-57-60-66(69)72-63-64(62-71-65(68)59-56-53-50-47-44-41-38-27-24-21-18-15-12-9-6-3)73-67(70)61-58-55-52-49-46-43-40-36-29-26-23-20-17-14-11-8-5-2/h8,11,17,20,26-27,29-31,38,64H,4-7,9-10,12-16,18-19,21-25,28,32-37,39-63H2,1-3H3/b11-8-,20-17-,29-26-,31-30-,38-27-. The van der Waals surface area contributed by atoms with Crippen molar-refractivity contribution in [2.75, 3.05) is 13.2 Å². The molecule has 0 radical (unpaired) electrons. The Kier molecular flexibility index (Phi) is 59.2. The first-order chi connectivity index (χ1) is 36.0. The quantitative estimate of drug-likeness (QED) is 0.0261. The number of hydrogen-bond donors (Lipinski definition) is 0. The third kappa shape index (κ3) is 59.9. The molecule has 0 fully saturated rings. The second kappa shape index (κ2) is 61.7. The maximum atomic E-state index is 12.9. The fourth-order valence-corrected chi connectivity index (χ4v) is 9.21. The van der Waals surface area contributed by atoms with E-state index in [-0.39, 0.29) is 31.1 Å². The number of rotatable bonds is 58. The van der Waals surface area contributed by atoms with Crippen LogP contribution in [0.1, 0.15) is 329 Å². The van der Waals surface area contributed by atoms with E-state index in [0.29, 0.717) is 19.3 Å². The van der Waals surface area contributed by atoms with Gasteiger partial charge in [0.2, 0.25) is 0 Å². The van der Waals surface area contributed by atoms with E-state index in [1.165, 1.54) is 199 Å². The van der Waals surface area contributed by atoms with Gasteiger partial charge in [0.05, 0.1) is 0 Å². The molecule has 0 N–H and O–H groups in total. The summed E-state index contributed by atoms with van der Waals surface area (Å²) < 4.78 is 16.9. The van der Waals surface area contributed by atoms with Gasteiger partial charge in [0.1, 0.15) is 13.2 Å². The normalized spacial score (nSPS) is 12.4. The molecule has 1 atom stereocenters. The third-order valence-corrected chi connectivity index (χ3v) is 14.0. The van der Waals surface area contributed by atoms with Gasteiger partial charge in [-0.3, -0.25) is 14.4 Å². The van der Waals surface area contributed by atoms with E-state index < -0.39 is 6.10 Å². The molecular formula is C67H120O6. The van der Waals surface area contributed by atoms with Crippen molar-refractivity contribution in [1.82, 2.24) is 0 Å². The summed E-state index contributed by atoms with van der Waals surface area (Å²) in [5.74, 6) is -0.883. The van der Waals surface area contributed by atoms with Gasteiger partial charge in [-0.25, -0.2) is 0 Å². The monoisotopic (exact) mass is 1020 g/mol. The highest BCUT2D eigenvalue weighted by molar-refractivity contribution is 5.71. The van der Waals surface area contributed by atoms with Crippen LogP contribution in [0, 0.1) is 0 Å². The van der Waals surface area contributed by atoms with Crippen molar-refractivity contribution < 1.29 is 28.6 Å². The van der Waals surface area contributed by atoms with Gasteiger partial charge in [-0.2, -0.15) is 0 Å². The largest absolute Gasteiger partial charge is 0.462 e. The van der Waals surface area contributed by atoms with Gasteiger partial charge in [0.15, 0.2) is 6.10 Å². The van der Waals surface area contributed by atoms with E-state index in [0.717, 1.165) is 89.9 Å². The van der Waals surface area contributed by atoms with Crippen LogP contribution in [0.25, 0.3) is 0 Å². The Morgan fingerprint density at radius 1 is 0.288 bits per heavy atom. The van der Waals surface area contributed by atoms with Gasteiger partial charge in [-0.05, 0) is 103 Å². The van der Waals surface area contributed by atoms with Crippen LogP contribution in [0.4, 0.5) is 0 Å². The maximum absolute atomic E-state index is 12.9. The number of unbranched alkanes of at least 4 members (excludes halogenated alkanes) is 37. The molecule has 6 heteroatoms. The van der Waals surface area contributed by atoms with Gasteiger partial charge in [0.25, 0.3) is 0 Å². The summed E-state index contributed by atoms with van der Waals surface area (Å²) in [5.41, 5.74) is 0. The van der Waals surface area contributed by atoms with E-state index >= 15 is 0 Å². The molecule has 0 bridgehead atoms. The van der Waals surface area contributed by atoms with Crippen molar-refractivity contribution in [2.24, 2.45) is 0 Å². The molecule has 424 valence electrons. The van der Waals surface area contributed by atoms with E-state index in [1.807, 2.05) is 0 Å². The zero-order chi connectivity index (χ0) is 52.9. The summed E-state index contributed by atoms with van der Waals surface area (Å²) in [6, 6.07) is 0. The number of carbonyl (C=O) groups excluding carboxylic acids is 3. The molecule has 0 saturated heterocycles. The molecule has 0 aliphatic carbocycles. The fourth-order valence-electron chi connectivity index (χ4n) is 9.21. The zero-order valence-corrected chi connectivity index (χ0v) is 48.7. The topological polar surface area (TPSA) is 78.9 Å². The van der Waals surface area contributed by atoms with Crippen LogP contribution in [0.3, 0.4) is 0 Å². The van der Waals surface area contributed by atoms with Gasteiger partial charge in [0, 0.05) is 19.3 Å². The molecule has 0 saturated carbocycles.